The highest BCUT2D eigenvalue weighted by molar-refractivity contribution is 9.10. The van der Waals surface area contributed by atoms with E-state index in [1.165, 1.54) is 6.07 Å². The zero-order valence-electron chi connectivity index (χ0n) is 10.0. The monoisotopic (exact) mass is 319 g/mol. The van der Waals surface area contributed by atoms with Gasteiger partial charge in [-0.3, -0.25) is 5.10 Å². The Morgan fingerprint density at radius 1 is 1.47 bits per heavy atom. The Morgan fingerprint density at radius 3 is 2.95 bits per heavy atom. The number of carboxylic acids is 1. The second kappa shape index (κ2) is 4.24. The first kappa shape index (κ1) is 12.0. The molecule has 0 saturated heterocycles. The molecule has 2 N–H and O–H groups in total. The zero-order chi connectivity index (χ0) is 13.6. The maximum Gasteiger partial charge on any atom is 0.353 e. The maximum absolute atomic E-state index is 10.9. The predicted octanol–water partition coefficient (Wildman–Crippen LogP) is 3.03. The lowest BCUT2D eigenvalue weighted by molar-refractivity contribution is 0.0690. The molecule has 0 saturated carbocycles. The minimum atomic E-state index is -1.02. The van der Waals surface area contributed by atoms with Gasteiger partial charge in [0.1, 0.15) is 5.69 Å². The van der Waals surface area contributed by atoms with Crippen molar-refractivity contribution in [3.63, 3.8) is 0 Å². The fraction of sp³-hybridized carbons (Fsp3) is 0.0769. The third kappa shape index (κ3) is 1.84. The molecule has 0 bridgehead atoms. The van der Waals surface area contributed by atoms with E-state index in [1.54, 1.807) is 0 Å². The van der Waals surface area contributed by atoms with E-state index in [4.69, 9.17) is 5.11 Å². The van der Waals surface area contributed by atoms with Gasteiger partial charge in [-0.15, -0.1) is 0 Å². The molecular weight excluding hydrogens is 310 g/mol. The summed E-state index contributed by atoms with van der Waals surface area (Å²) in [7, 11) is 1.96. The number of nitrogens with one attached hydrogen (secondary N) is 1. The van der Waals surface area contributed by atoms with Crippen LogP contribution in [0.25, 0.3) is 22.2 Å². The molecule has 0 aliphatic heterocycles. The first-order valence-electron chi connectivity index (χ1n) is 5.60. The van der Waals surface area contributed by atoms with Crippen molar-refractivity contribution in [1.82, 2.24) is 14.8 Å². The lowest BCUT2D eigenvalue weighted by atomic mass is 10.1. The number of halogens is 1. The van der Waals surface area contributed by atoms with E-state index < -0.39 is 5.97 Å². The van der Waals surface area contributed by atoms with Gasteiger partial charge in [-0.25, -0.2) is 4.79 Å². The summed E-state index contributed by atoms with van der Waals surface area (Å²) in [6.07, 6.45) is 1.97. The van der Waals surface area contributed by atoms with Gasteiger partial charge in [-0.1, -0.05) is 12.1 Å². The fourth-order valence-corrected chi connectivity index (χ4v) is 2.90. The van der Waals surface area contributed by atoms with Gasteiger partial charge in [0.2, 0.25) is 0 Å². The summed E-state index contributed by atoms with van der Waals surface area (Å²) in [6, 6.07) is 7.40. The molecule has 96 valence electrons. The van der Waals surface area contributed by atoms with Crippen LogP contribution in [0.1, 0.15) is 10.5 Å². The van der Waals surface area contributed by atoms with Crippen LogP contribution in [0.4, 0.5) is 0 Å². The van der Waals surface area contributed by atoms with Crippen LogP contribution >= 0.6 is 15.9 Å². The van der Waals surface area contributed by atoms with Crippen LogP contribution < -0.4 is 0 Å². The van der Waals surface area contributed by atoms with Crippen molar-refractivity contribution >= 4 is 32.8 Å². The Hall–Kier alpha value is -2.08. The SMILES string of the molecule is Cn1cc(Br)c2c(-c3cc(C(=O)O)[nH]n3)cccc21. The van der Waals surface area contributed by atoms with Gasteiger partial charge in [-0.05, 0) is 28.1 Å². The normalized spacial score (nSPS) is 11.1. The number of hydrogen-bond donors (Lipinski definition) is 2. The Labute approximate surface area is 117 Å². The molecule has 0 amide bonds. The highest BCUT2D eigenvalue weighted by atomic mass is 79.9. The second-order valence-corrected chi connectivity index (χ2v) is 5.11. The number of carbonyl (C=O) groups is 1. The molecule has 0 radical (unpaired) electrons. The zero-order valence-corrected chi connectivity index (χ0v) is 11.6. The highest BCUT2D eigenvalue weighted by Crippen LogP contribution is 2.34. The Bertz CT molecular complexity index is 788. The highest BCUT2D eigenvalue weighted by Gasteiger charge is 2.14. The van der Waals surface area contributed by atoms with Gasteiger partial charge in [0.05, 0.1) is 5.69 Å². The van der Waals surface area contributed by atoms with E-state index >= 15 is 0 Å². The molecule has 0 aliphatic rings. The van der Waals surface area contributed by atoms with Crippen LogP contribution in [0.15, 0.2) is 34.9 Å². The summed E-state index contributed by atoms with van der Waals surface area (Å²) in [5.74, 6) is -1.02. The van der Waals surface area contributed by atoms with Crippen LogP contribution in [-0.2, 0) is 7.05 Å². The van der Waals surface area contributed by atoms with Gasteiger partial charge in [0, 0.05) is 34.2 Å². The molecule has 19 heavy (non-hydrogen) atoms. The third-order valence-corrected chi connectivity index (χ3v) is 3.65. The molecule has 6 heteroatoms. The number of carboxylic acid groups (broad SMARTS) is 1. The topological polar surface area (TPSA) is 70.9 Å². The number of aromatic nitrogens is 3. The molecule has 1 aromatic carbocycles. The number of H-pyrrole nitrogens is 1. The maximum atomic E-state index is 10.9. The molecule has 3 aromatic rings. The largest absolute Gasteiger partial charge is 0.477 e. The van der Waals surface area contributed by atoms with E-state index in [9.17, 15) is 4.79 Å². The van der Waals surface area contributed by atoms with Crippen LogP contribution in [0.5, 0.6) is 0 Å². The van der Waals surface area contributed by atoms with Crippen LogP contribution in [-0.4, -0.2) is 25.8 Å². The number of aryl methyl sites for hydroxylation is 1. The van der Waals surface area contributed by atoms with Crippen molar-refractivity contribution in [3.8, 4) is 11.3 Å². The Morgan fingerprint density at radius 2 is 2.26 bits per heavy atom. The molecule has 2 heterocycles. The van der Waals surface area contributed by atoms with Gasteiger partial charge in [0.25, 0.3) is 0 Å². The van der Waals surface area contributed by atoms with Crippen LogP contribution in [0.3, 0.4) is 0 Å². The van der Waals surface area contributed by atoms with Crippen molar-refractivity contribution in [1.29, 1.82) is 0 Å². The quantitative estimate of drug-likeness (QED) is 0.762. The Kier molecular flexibility index (Phi) is 2.67. The smallest absolute Gasteiger partial charge is 0.353 e. The molecule has 0 atom stereocenters. The summed E-state index contributed by atoms with van der Waals surface area (Å²) in [4.78, 5) is 10.9. The average Bonchev–Trinajstić information content (AvgIpc) is 2.96. The fourth-order valence-electron chi connectivity index (χ4n) is 2.17. The van der Waals surface area contributed by atoms with Gasteiger partial charge >= 0.3 is 5.97 Å². The molecular formula is C13H10BrN3O2. The van der Waals surface area contributed by atoms with Crippen molar-refractivity contribution < 1.29 is 9.90 Å². The van der Waals surface area contributed by atoms with Crippen LogP contribution in [0, 0.1) is 0 Å². The minimum absolute atomic E-state index is 0.0825. The minimum Gasteiger partial charge on any atom is -0.477 e. The third-order valence-electron chi connectivity index (χ3n) is 3.05. The van der Waals surface area contributed by atoms with Gasteiger partial charge in [0.15, 0.2) is 0 Å². The molecule has 3 rings (SSSR count). The van der Waals surface area contributed by atoms with Crippen molar-refractivity contribution in [2.45, 2.75) is 0 Å². The summed E-state index contributed by atoms with van der Waals surface area (Å²) in [5.41, 5.74) is 2.66. The van der Waals surface area contributed by atoms with Crippen LogP contribution in [0.2, 0.25) is 0 Å². The lowest BCUT2D eigenvalue weighted by Crippen LogP contribution is -1.95. The van der Waals surface area contributed by atoms with Crippen molar-refractivity contribution in [3.05, 3.63) is 40.6 Å². The van der Waals surface area contributed by atoms with Crippen molar-refractivity contribution in [2.24, 2.45) is 7.05 Å². The molecule has 2 aromatic heterocycles. The number of aromatic carboxylic acids is 1. The van der Waals surface area contributed by atoms with E-state index in [2.05, 4.69) is 26.1 Å². The Balaban J connectivity index is 2.27. The number of aromatic amines is 1. The number of fused-ring (bicyclic) bond motifs is 1. The van der Waals surface area contributed by atoms with Gasteiger partial charge < -0.3 is 9.67 Å². The number of benzene rings is 1. The van der Waals surface area contributed by atoms with E-state index in [0.717, 1.165) is 20.9 Å². The van der Waals surface area contributed by atoms with E-state index in [0.29, 0.717) is 5.69 Å². The molecule has 0 unspecified atom stereocenters. The molecule has 0 spiro atoms. The molecule has 0 fully saturated rings. The second-order valence-electron chi connectivity index (χ2n) is 4.26. The van der Waals surface area contributed by atoms with Gasteiger partial charge in [-0.2, -0.15) is 5.10 Å². The van der Waals surface area contributed by atoms with E-state index in [-0.39, 0.29) is 5.69 Å². The predicted molar refractivity (Wildman–Crippen MR) is 75.2 cm³/mol. The van der Waals surface area contributed by atoms with Crippen molar-refractivity contribution in [2.75, 3.05) is 0 Å². The average molecular weight is 320 g/mol. The number of rotatable bonds is 2. The summed E-state index contributed by atoms with van der Waals surface area (Å²) in [5, 5.41) is 16.5. The summed E-state index contributed by atoms with van der Waals surface area (Å²) >= 11 is 3.53. The lowest BCUT2D eigenvalue weighted by Gasteiger charge is -2.01. The number of nitrogens with zero attached hydrogens (tertiary/aromatic N) is 2. The molecule has 0 aliphatic carbocycles. The summed E-state index contributed by atoms with van der Waals surface area (Å²) in [6.45, 7) is 0. The number of hydrogen-bond acceptors (Lipinski definition) is 2. The molecule has 5 nitrogen and oxygen atoms in total. The standard InChI is InChI=1S/C13H10BrN3O2/c1-17-6-8(14)12-7(3-2-4-11(12)17)9-5-10(13(18)19)16-15-9/h2-6H,1H3,(H,15,16)(H,18,19). The first-order chi connectivity index (χ1) is 9.08. The summed E-state index contributed by atoms with van der Waals surface area (Å²) < 4.78 is 2.97. The van der Waals surface area contributed by atoms with E-state index in [1.807, 2.05) is 36.0 Å². The first-order valence-corrected chi connectivity index (χ1v) is 6.40.